The topological polar surface area (TPSA) is 19.4 Å². The first-order valence-electron chi connectivity index (χ1n) is 7.63. The molecule has 106 valence electrons. The van der Waals surface area contributed by atoms with Gasteiger partial charge in [-0.2, -0.15) is 0 Å². The van der Waals surface area contributed by atoms with Crippen molar-refractivity contribution in [3.8, 4) is 0 Å². The van der Waals surface area contributed by atoms with Gasteiger partial charge in [0, 0.05) is 43.0 Å². The van der Waals surface area contributed by atoms with Gasteiger partial charge in [0.2, 0.25) is 0 Å². The summed E-state index contributed by atoms with van der Waals surface area (Å²) in [5.74, 6) is 0. The lowest BCUT2D eigenvalue weighted by Gasteiger charge is -2.39. The van der Waals surface area contributed by atoms with Crippen molar-refractivity contribution in [2.75, 3.05) is 13.1 Å². The fraction of sp³-hybridized carbons (Fsp3) is 0.800. The van der Waals surface area contributed by atoms with Gasteiger partial charge in [-0.1, -0.05) is 6.92 Å². The van der Waals surface area contributed by atoms with Gasteiger partial charge < -0.3 is 0 Å². The minimum atomic E-state index is 0.651. The van der Waals surface area contributed by atoms with E-state index in [0.29, 0.717) is 6.04 Å². The monoisotopic (exact) mass is 279 g/mol. The van der Waals surface area contributed by atoms with Gasteiger partial charge in [-0.3, -0.25) is 9.80 Å². The van der Waals surface area contributed by atoms with Gasteiger partial charge in [0.1, 0.15) is 5.01 Å². The van der Waals surface area contributed by atoms with Gasteiger partial charge in [0.25, 0.3) is 0 Å². The predicted molar refractivity (Wildman–Crippen MR) is 80.5 cm³/mol. The Kier molecular flexibility index (Phi) is 3.92. The largest absolute Gasteiger partial charge is 0.295 e. The molecule has 4 heteroatoms. The minimum Gasteiger partial charge on any atom is -0.295 e. The number of fused-ring (bicyclic) bond motifs is 1. The Morgan fingerprint density at radius 1 is 1.37 bits per heavy atom. The third-order valence-electron chi connectivity index (χ3n) is 4.61. The first kappa shape index (κ1) is 13.5. The number of nitrogens with zero attached hydrogens (tertiary/aromatic N) is 3. The molecule has 0 aromatic carbocycles. The van der Waals surface area contributed by atoms with Crippen molar-refractivity contribution in [3.05, 3.63) is 15.6 Å². The highest BCUT2D eigenvalue weighted by Gasteiger charge is 2.28. The number of hydrogen-bond donors (Lipinski definition) is 0. The molecule has 1 aromatic heterocycles. The van der Waals surface area contributed by atoms with E-state index < -0.39 is 0 Å². The molecule has 1 saturated heterocycles. The lowest BCUT2D eigenvalue weighted by molar-refractivity contribution is 0.0790. The Balaban J connectivity index is 1.66. The Labute approximate surface area is 120 Å². The minimum absolute atomic E-state index is 0.651. The zero-order chi connectivity index (χ0) is 13.4. The highest BCUT2D eigenvalue weighted by atomic mass is 32.1. The molecule has 0 saturated carbocycles. The van der Waals surface area contributed by atoms with Crippen LogP contribution in [0, 0.1) is 0 Å². The van der Waals surface area contributed by atoms with Crippen LogP contribution in [-0.2, 0) is 19.5 Å². The second kappa shape index (κ2) is 5.51. The van der Waals surface area contributed by atoms with Crippen molar-refractivity contribution >= 4 is 11.3 Å². The molecule has 0 aliphatic carbocycles. The molecule has 0 radical (unpaired) electrons. The quantitative estimate of drug-likeness (QED) is 0.845. The molecule has 0 spiro atoms. The molecular weight excluding hydrogens is 254 g/mol. The van der Waals surface area contributed by atoms with E-state index in [0.717, 1.165) is 25.6 Å². The van der Waals surface area contributed by atoms with Gasteiger partial charge in [-0.05, 0) is 26.7 Å². The van der Waals surface area contributed by atoms with Crippen LogP contribution in [0.1, 0.15) is 49.2 Å². The highest BCUT2D eigenvalue weighted by Crippen LogP contribution is 2.29. The predicted octanol–water partition coefficient (Wildman–Crippen LogP) is 2.89. The van der Waals surface area contributed by atoms with Crippen molar-refractivity contribution in [2.45, 2.75) is 65.2 Å². The SMILES string of the molecule is CCC1CCN1Cc1nc2c(s1)CN(C(C)C)CC2. The first-order chi connectivity index (χ1) is 9.17. The summed E-state index contributed by atoms with van der Waals surface area (Å²) in [7, 11) is 0. The van der Waals surface area contributed by atoms with E-state index in [4.69, 9.17) is 4.98 Å². The fourth-order valence-corrected chi connectivity index (χ4v) is 4.28. The molecule has 1 atom stereocenters. The Morgan fingerprint density at radius 2 is 2.21 bits per heavy atom. The van der Waals surface area contributed by atoms with Crippen molar-refractivity contribution in [1.29, 1.82) is 0 Å². The van der Waals surface area contributed by atoms with Crippen LogP contribution in [0.4, 0.5) is 0 Å². The normalized spacial score (nSPS) is 24.5. The number of rotatable bonds is 4. The van der Waals surface area contributed by atoms with Gasteiger partial charge >= 0.3 is 0 Å². The molecule has 3 rings (SSSR count). The summed E-state index contributed by atoms with van der Waals surface area (Å²) in [5.41, 5.74) is 1.38. The maximum Gasteiger partial charge on any atom is 0.107 e. The summed E-state index contributed by atoms with van der Waals surface area (Å²) < 4.78 is 0. The summed E-state index contributed by atoms with van der Waals surface area (Å²) in [6.45, 7) is 11.5. The summed E-state index contributed by atoms with van der Waals surface area (Å²) in [4.78, 5) is 11.5. The lowest BCUT2D eigenvalue weighted by atomic mass is 10.0. The van der Waals surface area contributed by atoms with Crippen molar-refractivity contribution in [2.24, 2.45) is 0 Å². The lowest BCUT2D eigenvalue weighted by Crippen LogP contribution is -2.46. The Bertz CT molecular complexity index is 439. The van der Waals surface area contributed by atoms with Gasteiger partial charge in [-0.25, -0.2) is 4.98 Å². The summed E-state index contributed by atoms with van der Waals surface area (Å²) in [5, 5.41) is 1.34. The van der Waals surface area contributed by atoms with Crippen molar-refractivity contribution < 1.29 is 0 Å². The maximum absolute atomic E-state index is 4.89. The third-order valence-corrected chi connectivity index (χ3v) is 5.68. The smallest absolute Gasteiger partial charge is 0.107 e. The van der Waals surface area contributed by atoms with Crippen LogP contribution in [0.15, 0.2) is 0 Å². The average Bonchev–Trinajstić information content (AvgIpc) is 2.76. The molecule has 3 heterocycles. The van der Waals surface area contributed by atoms with Gasteiger partial charge in [-0.15, -0.1) is 11.3 Å². The van der Waals surface area contributed by atoms with E-state index in [1.54, 1.807) is 0 Å². The molecule has 0 bridgehead atoms. The van der Waals surface area contributed by atoms with Crippen LogP contribution >= 0.6 is 11.3 Å². The van der Waals surface area contributed by atoms with Crippen LogP contribution in [0.5, 0.6) is 0 Å². The third kappa shape index (κ3) is 2.71. The van der Waals surface area contributed by atoms with Crippen LogP contribution < -0.4 is 0 Å². The maximum atomic E-state index is 4.89. The van der Waals surface area contributed by atoms with Crippen molar-refractivity contribution in [3.63, 3.8) is 0 Å². The summed E-state index contributed by atoms with van der Waals surface area (Å²) >= 11 is 1.95. The average molecular weight is 279 g/mol. The second-order valence-corrected chi connectivity index (χ2v) is 7.28. The molecular formula is C15H25N3S. The number of likely N-dealkylation sites (tertiary alicyclic amines) is 1. The second-order valence-electron chi connectivity index (χ2n) is 6.11. The summed E-state index contributed by atoms with van der Waals surface area (Å²) in [6, 6.07) is 1.46. The van der Waals surface area contributed by atoms with Crippen LogP contribution in [0.2, 0.25) is 0 Å². The highest BCUT2D eigenvalue weighted by molar-refractivity contribution is 7.11. The standard InChI is InChI=1S/C15H25N3S/c1-4-12-5-7-18(12)10-15-16-13-6-8-17(11(2)3)9-14(13)19-15/h11-12H,4-10H2,1-3H3. The van der Waals surface area contributed by atoms with Crippen molar-refractivity contribution in [1.82, 2.24) is 14.8 Å². The zero-order valence-corrected chi connectivity index (χ0v) is 13.2. The molecule has 1 unspecified atom stereocenters. The summed E-state index contributed by atoms with van der Waals surface area (Å²) in [6.07, 6.45) is 3.80. The Hall–Kier alpha value is -0.450. The van der Waals surface area contributed by atoms with E-state index in [9.17, 15) is 0 Å². The molecule has 2 aliphatic rings. The van der Waals surface area contributed by atoms with Gasteiger partial charge in [0.05, 0.1) is 12.2 Å². The van der Waals surface area contributed by atoms with Crippen LogP contribution in [0.3, 0.4) is 0 Å². The van der Waals surface area contributed by atoms with E-state index >= 15 is 0 Å². The van der Waals surface area contributed by atoms with Crippen LogP contribution in [0.25, 0.3) is 0 Å². The van der Waals surface area contributed by atoms with E-state index in [1.165, 1.54) is 41.5 Å². The number of hydrogen-bond acceptors (Lipinski definition) is 4. The molecule has 1 aromatic rings. The molecule has 0 amide bonds. The molecule has 0 N–H and O–H groups in total. The van der Waals surface area contributed by atoms with Gasteiger partial charge in [0.15, 0.2) is 0 Å². The Morgan fingerprint density at radius 3 is 2.84 bits per heavy atom. The van der Waals surface area contributed by atoms with E-state index in [2.05, 4.69) is 30.6 Å². The molecule has 3 nitrogen and oxygen atoms in total. The fourth-order valence-electron chi connectivity index (χ4n) is 3.12. The number of aromatic nitrogens is 1. The number of thiazole rings is 1. The molecule has 19 heavy (non-hydrogen) atoms. The first-order valence-corrected chi connectivity index (χ1v) is 8.44. The molecule has 2 aliphatic heterocycles. The van der Waals surface area contributed by atoms with E-state index in [-0.39, 0.29) is 0 Å². The van der Waals surface area contributed by atoms with Crippen LogP contribution in [-0.4, -0.2) is 40.0 Å². The zero-order valence-electron chi connectivity index (χ0n) is 12.4. The van der Waals surface area contributed by atoms with E-state index in [1.807, 2.05) is 11.3 Å². The molecule has 1 fully saturated rings.